The molecule has 0 bridgehead atoms. The molecule has 1 aromatic heterocycles. The van der Waals surface area contributed by atoms with E-state index in [0.717, 1.165) is 17.0 Å². The van der Waals surface area contributed by atoms with Gasteiger partial charge in [0.2, 0.25) is 5.91 Å². The van der Waals surface area contributed by atoms with E-state index in [1.807, 2.05) is 20.9 Å². The minimum absolute atomic E-state index is 0.321. The first-order valence-corrected chi connectivity index (χ1v) is 5.98. The second kappa shape index (κ2) is 5.86. The number of carbonyl (C=O) groups excluding carboxylic acids is 2. The molecule has 0 aliphatic heterocycles. The Balaban J connectivity index is 2.55. The number of alkyl halides is 1. The van der Waals surface area contributed by atoms with Gasteiger partial charge in [0.15, 0.2) is 0 Å². The standard InChI is InChI=1S/C11H17ClN4O2/c1-6(12)10(17)14-11(18)13-5-9-7(2)15-16(4)8(9)3/h6H,5H2,1-4H3,(H2,13,14,17,18). The first kappa shape index (κ1) is 14.5. The van der Waals surface area contributed by atoms with Gasteiger partial charge in [0.1, 0.15) is 5.38 Å². The molecule has 18 heavy (non-hydrogen) atoms. The monoisotopic (exact) mass is 272 g/mol. The number of amides is 3. The molecule has 3 amide bonds. The van der Waals surface area contributed by atoms with Crippen LogP contribution in [0, 0.1) is 13.8 Å². The molecule has 1 atom stereocenters. The van der Waals surface area contributed by atoms with Gasteiger partial charge in [0, 0.05) is 24.8 Å². The summed E-state index contributed by atoms with van der Waals surface area (Å²) in [6, 6.07) is -0.560. The predicted molar refractivity (Wildman–Crippen MR) is 68.4 cm³/mol. The normalized spacial score (nSPS) is 12.1. The van der Waals surface area contributed by atoms with Crippen LogP contribution in [-0.4, -0.2) is 27.1 Å². The fraction of sp³-hybridized carbons (Fsp3) is 0.545. The minimum Gasteiger partial charge on any atom is -0.334 e. The summed E-state index contributed by atoms with van der Waals surface area (Å²) in [5.41, 5.74) is 2.77. The Morgan fingerprint density at radius 1 is 1.44 bits per heavy atom. The molecule has 100 valence electrons. The number of hydrogen-bond acceptors (Lipinski definition) is 3. The van der Waals surface area contributed by atoms with E-state index < -0.39 is 17.3 Å². The Morgan fingerprint density at radius 3 is 2.50 bits per heavy atom. The van der Waals surface area contributed by atoms with E-state index in [1.54, 1.807) is 4.68 Å². The van der Waals surface area contributed by atoms with Gasteiger partial charge in [-0.05, 0) is 20.8 Å². The van der Waals surface area contributed by atoms with Crippen LogP contribution in [0.25, 0.3) is 0 Å². The molecule has 0 aliphatic carbocycles. The maximum atomic E-state index is 11.4. The highest BCUT2D eigenvalue weighted by Gasteiger charge is 2.14. The average molecular weight is 273 g/mol. The van der Waals surface area contributed by atoms with Crippen LogP contribution in [0.5, 0.6) is 0 Å². The number of imide groups is 1. The van der Waals surface area contributed by atoms with E-state index in [2.05, 4.69) is 15.7 Å². The van der Waals surface area contributed by atoms with E-state index >= 15 is 0 Å². The Labute approximate surface area is 111 Å². The summed E-state index contributed by atoms with van der Waals surface area (Å²) < 4.78 is 1.75. The van der Waals surface area contributed by atoms with Crippen molar-refractivity contribution in [2.45, 2.75) is 32.7 Å². The number of carbonyl (C=O) groups is 2. The lowest BCUT2D eigenvalue weighted by atomic mass is 10.2. The molecule has 7 heteroatoms. The number of hydrogen-bond donors (Lipinski definition) is 2. The lowest BCUT2D eigenvalue weighted by molar-refractivity contribution is -0.119. The largest absolute Gasteiger partial charge is 0.334 e. The zero-order valence-corrected chi connectivity index (χ0v) is 11.6. The average Bonchev–Trinajstić information content (AvgIpc) is 2.51. The van der Waals surface area contributed by atoms with Gasteiger partial charge in [0.05, 0.1) is 5.69 Å². The molecular formula is C11H17ClN4O2. The zero-order valence-electron chi connectivity index (χ0n) is 10.9. The molecule has 1 unspecified atom stereocenters. The second-order valence-corrected chi connectivity index (χ2v) is 4.72. The zero-order chi connectivity index (χ0) is 13.9. The molecule has 6 nitrogen and oxygen atoms in total. The lowest BCUT2D eigenvalue weighted by Crippen LogP contribution is -2.42. The Hall–Kier alpha value is -1.56. The topological polar surface area (TPSA) is 76.0 Å². The first-order valence-electron chi connectivity index (χ1n) is 5.54. The SMILES string of the molecule is Cc1nn(C)c(C)c1CNC(=O)NC(=O)C(C)Cl. The van der Waals surface area contributed by atoms with Gasteiger partial charge >= 0.3 is 6.03 Å². The number of rotatable bonds is 3. The van der Waals surface area contributed by atoms with Gasteiger partial charge in [-0.2, -0.15) is 5.10 Å². The van der Waals surface area contributed by atoms with E-state index in [-0.39, 0.29) is 0 Å². The van der Waals surface area contributed by atoms with Crippen LogP contribution in [0.2, 0.25) is 0 Å². The highest BCUT2D eigenvalue weighted by molar-refractivity contribution is 6.31. The fourth-order valence-corrected chi connectivity index (χ4v) is 1.55. The summed E-state index contributed by atoms with van der Waals surface area (Å²) in [6.45, 7) is 5.61. The Morgan fingerprint density at radius 2 is 2.06 bits per heavy atom. The van der Waals surface area contributed by atoms with E-state index in [1.165, 1.54) is 6.92 Å². The number of aryl methyl sites for hydroxylation is 2. The maximum absolute atomic E-state index is 11.4. The van der Waals surface area contributed by atoms with Crippen molar-refractivity contribution < 1.29 is 9.59 Å². The van der Waals surface area contributed by atoms with Crippen molar-refractivity contribution in [1.29, 1.82) is 0 Å². The van der Waals surface area contributed by atoms with Crippen LogP contribution in [0.4, 0.5) is 4.79 Å². The number of nitrogens with zero attached hydrogens (tertiary/aromatic N) is 2. The van der Waals surface area contributed by atoms with E-state index in [4.69, 9.17) is 11.6 Å². The van der Waals surface area contributed by atoms with Gasteiger partial charge in [-0.25, -0.2) is 4.79 Å². The quantitative estimate of drug-likeness (QED) is 0.806. The summed E-state index contributed by atoms with van der Waals surface area (Å²) in [5.74, 6) is -0.520. The van der Waals surface area contributed by atoms with Crippen molar-refractivity contribution >= 4 is 23.5 Å². The molecule has 0 fully saturated rings. The van der Waals surface area contributed by atoms with Crippen molar-refractivity contribution in [3.63, 3.8) is 0 Å². The molecule has 0 saturated heterocycles. The van der Waals surface area contributed by atoms with Crippen molar-refractivity contribution in [3.05, 3.63) is 17.0 Å². The number of nitrogens with one attached hydrogen (secondary N) is 2. The third-order valence-electron chi connectivity index (χ3n) is 2.68. The van der Waals surface area contributed by atoms with Crippen molar-refractivity contribution in [3.8, 4) is 0 Å². The smallest absolute Gasteiger partial charge is 0.321 e. The summed E-state index contributed by atoms with van der Waals surface area (Å²) in [4.78, 5) is 22.6. The highest BCUT2D eigenvalue weighted by Crippen LogP contribution is 2.10. The van der Waals surface area contributed by atoms with Crippen molar-refractivity contribution in [2.75, 3.05) is 0 Å². The highest BCUT2D eigenvalue weighted by atomic mass is 35.5. The van der Waals surface area contributed by atoms with Crippen LogP contribution in [-0.2, 0) is 18.4 Å². The van der Waals surface area contributed by atoms with Crippen LogP contribution < -0.4 is 10.6 Å². The molecular weight excluding hydrogens is 256 g/mol. The van der Waals surface area contributed by atoms with Crippen LogP contribution in [0.1, 0.15) is 23.9 Å². The van der Waals surface area contributed by atoms with Crippen LogP contribution in [0.15, 0.2) is 0 Å². The van der Waals surface area contributed by atoms with Crippen LogP contribution >= 0.6 is 11.6 Å². The number of urea groups is 1. The molecule has 1 rings (SSSR count). The Bertz CT molecular complexity index is 468. The summed E-state index contributed by atoms with van der Waals surface area (Å²) in [5, 5.41) is 8.24. The molecule has 0 saturated carbocycles. The molecule has 1 heterocycles. The molecule has 1 aromatic rings. The van der Waals surface area contributed by atoms with Crippen molar-refractivity contribution in [1.82, 2.24) is 20.4 Å². The molecule has 0 aliphatic rings. The molecule has 2 N–H and O–H groups in total. The first-order chi connectivity index (χ1) is 8.32. The molecule has 0 aromatic carbocycles. The van der Waals surface area contributed by atoms with E-state index in [0.29, 0.717) is 6.54 Å². The number of halogens is 1. The third kappa shape index (κ3) is 3.46. The van der Waals surface area contributed by atoms with E-state index in [9.17, 15) is 9.59 Å². The Kier molecular flexibility index (Phi) is 4.72. The third-order valence-corrected chi connectivity index (χ3v) is 2.88. The maximum Gasteiger partial charge on any atom is 0.321 e. The fourth-order valence-electron chi connectivity index (χ4n) is 1.50. The minimum atomic E-state index is -0.738. The van der Waals surface area contributed by atoms with Crippen molar-refractivity contribution in [2.24, 2.45) is 7.05 Å². The lowest BCUT2D eigenvalue weighted by Gasteiger charge is -2.08. The van der Waals surface area contributed by atoms with Crippen LogP contribution in [0.3, 0.4) is 0 Å². The summed E-state index contributed by atoms with van der Waals surface area (Å²) in [7, 11) is 1.84. The summed E-state index contributed by atoms with van der Waals surface area (Å²) in [6.07, 6.45) is 0. The van der Waals surface area contributed by atoms with Gasteiger partial charge in [0.25, 0.3) is 0 Å². The molecule has 0 spiro atoms. The van der Waals surface area contributed by atoms with Gasteiger partial charge < -0.3 is 5.32 Å². The number of aromatic nitrogens is 2. The van der Waals surface area contributed by atoms with Gasteiger partial charge in [-0.1, -0.05) is 0 Å². The second-order valence-electron chi connectivity index (χ2n) is 4.06. The summed E-state index contributed by atoms with van der Waals surface area (Å²) >= 11 is 5.54. The van der Waals surface area contributed by atoms with Gasteiger partial charge in [-0.15, -0.1) is 11.6 Å². The predicted octanol–water partition coefficient (Wildman–Crippen LogP) is 0.990. The van der Waals surface area contributed by atoms with Gasteiger partial charge in [-0.3, -0.25) is 14.8 Å². The molecule has 0 radical (unpaired) electrons.